The van der Waals surface area contributed by atoms with Crippen LogP contribution in [0.15, 0.2) is 33.3 Å². The number of carbonyl (C=O) groups is 1. The molecule has 0 saturated carbocycles. The Bertz CT molecular complexity index is 508. The maximum absolute atomic E-state index is 11.1. The third-order valence-electron chi connectivity index (χ3n) is 1.85. The minimum atomic E-state index is -0.615. The Kier molecular flexibility index (Phi) is 2.97. The van der Waals surface area contributed by atoms with E-state index in [4.69, 9.17) is 10.4 Å². The first-order valence-electron chi connectivity index (χ1n) is 4.31. The Morgan fingerprint density at radius 3 is 2.69 bits per heavy atom. The summed E-state index contributed by atoms with van der Waals surface area (Å²) in [6, 6.07) is 7.29. The predicted molar refractivity (Wildman–Crippen MR) is 59.1 cm³/mol. The standard InChI is InChI=1S/C9H7BrN4O2/c10-6-3-1-5(2-4-6)7-12-9(16-14-7)8(15)13-11/h1-4H,11H2,(H,13,15). The Morgan fingerprint density at radius 1 is 1.38 bits per heavy atom. The Balaban J connectivity index is 2.31. The van der Waals surface area contributed by atoms with Crippen LogP contribution >= 0.6 is 15.9 Å². The number of hydrazine groups is 1. The van der Waals surface area contributed by atoms with Crippen LogP contribution in [0.3, 0.4) is 0 Å². The van der Waals surface area contributed by atoms with Gasteiger partial charge in [-0.3, -0.25) is 10.2 Å². The Hall–Kier alpha value is -1.73. The molecule has 0 bridgehead atoms. The Morgan fingerprint density at radius 2 is 2.06 bits per heavy atom. The molecule has 3 N–H and O–H groups in total. The molecule has 7 heteroatoms. The molecule has 1 heterocycles. The fourth-order valence-corrected chi connectivity index (χ4v) is 1.36. The summed E-state index contributed by atoms with van der Waals surface area (Å²) in [4.78, 5) is 15.0. The van der Waals surface area contributed by atoms with E-state index in [1.54, 1.807) is 12.1 Å². The second-order valence-corrected chi connectivity index (χ2v) is 3.82. The number of hydrogen-bond acceptors (Lipinski definition) is 5. The molecule has 0 aliphatic heterocycles. The van der Waals surface area contributed by atoms with Crippen molar-refractivity contribution in [1.29, 1.82) is 0 Å². The smallest absolute Gasteiger partial charge is 0.323 e. The van der Waals surface area contributed by atoms with E-state index < -0.39 is 5.91 Å². The van der Waals surface area contributed by atoms with Gasteiger partial charge in [-0.05, 0) is 24.3 Å². The van der Waals surface area contributed by atoms with Crippen LogP contribution in [0, 0.1) is 0 Å². The van der Waals surface area contributed by atoms with E-state index in [-0.39, 0.29) is 5.89 Å². The van der Waals surface area contributed by atoms with Gasteiger partial charge in [0.15, 0.2) is 0 Å². The molecule has 6 nitrogen and oxygen atoms in total. The fourth-order valence-electron chi connectivity index (χ4n) is 1.09. The first kappa shape index (κ1) is 10.8. The minimum Gasteiger partial charge on any atom is -0.328 e. The van der Waals surface area contributed by atoms with Crippen molar-refractivity contribution in [3.8, 4) is 11.4 Å². The lowest BCUT2D eigenvalue weighted by Crippen LogP contribution is -2.30. The second kappa shape index (κ2) is 4.42. The monoisotopic (exact) mass is 282 g/mol. The molecule has 2 rings (SSSR count). The van der Waals surface area contributed by atoms with Gasteiger partial charge in [0.2, 0.25) is 5.82 Å². The van der Waals surface area contributed by atoms with Crippen LogP contribution in [0.1, 0.15) is 10.7 Å². The molecule has 82 valence electrons. The number of carbonyl (C=O) groups excluding carboxylic acids is 1. The van der Waals surface area contributed by atoms with E-state index >= 15 is 0 Å². The molecule has 2 aromatic rings. The summed E-state index contributed by atoms with van der Waals surface area (Å²) in [5.74, 6) is 4.50. The number of nitrogens with one attached hydrogen (secondary N) is 1. The van der Waals surface area contributed by atoms with Crippen molar-refractivity contribution in [2.45, 2.75) is 0 Å². The van der Waals surface area contributed by atoms with Gasteiger partial charge in [0.25, 0.3) is 0 Å². The number of nitrogens with two attached hydrogens (primary N) is 1. The molecular weight excluding hydrogens is 276 g/mol. The lowest BCUT2D eigenvalue weighted by atomic mass is 10.2. The van der Waals surface area contributed by atoms with Gasteiger partial charge in [-0.15, -0.1) is 0 Å². The molecule has 0 unspecified atom stereocenters. The molecule has 0 aliphatic carbocycles. The highest BCUT2D eigenvalue weighted by atomic mass is 79.9. The Labute approximate surface area is 98.9 Å². The third kappa shape index (κ3) is 2.10. The summed E-state index contributed by atoms with van der Waals surface area (Å²) in [6.45, 7) is 0. The molecule has 1 aromatic carbocycles. The highest BCUT2D eigenvalue weighted by molar-refractivity contribution is 9.10. The van der Waals surface area contributed by atoms with Crippen molar-refractivity contribution in [2.75, 3.05) is 0 Å². The van der Waals surface area contributed by atoms with Crippen LogP contribution in [-0.4, -0.2) is 16.0 Å². The molecule has 0 atom stereocenters. The molecule has 0 radical (unpaired) electrons. The zero-order valence-corrected chi connectivity index (χ0v) is 9.56. The maximum atomic E-state index is 11.1. The van der Waals surface area contributed by atoms with E-state index in [1.165, 1.54) is 0 Å². The van der Waals surface area contributed by atoms with Crippen molar-refractivity contribution in [3.63, 3.8) is 0 Å². The number of rotatable bonds is 2. The van der Waals surface area contributed by atoms with Crippen LogP contribution < -0.4 is 11.3 Å². The molecular formula is C9H7BrN4O2. The summed E-state index contributed by atoms with van der Waals surface area (Å²) >= 11 is 3.31. The molecule has 0 aliphatic rings. The summed E-state index contributed by atoms with van der Waals surface area (Å²) in [6.07, 6.45) is 0. The second-order valence-electron chi connectivity index (χ2n) is 2.90. The number of nitrogens with zero attached hydrogens (tertiary/aromatic N) is 2. The SMILES string of the molecule is NNC(=O)c1nc(-c2ccc(Br)cc2)no1. The number of amides is 1. The number of hydrogen-bond donors (Lipinski definition) is 2. The number of halogens is 1. The van der Waals surface area contributed by atoms with E-state index in [1.807, 2.05) is 17.6 Å². The van der Waals surface area contributed by atoms with E-state index in [9.17, 15) is 4.79 Å². The topological polar surface area (TPSA) is 94.0 Å². The van der Waals surface area contributed by atoms with Crippen LogP contribution in [0.25, 0.3) is 11.4 Å². The number of aromatic nitrogens is 2. The van der Waals surface area contributed by atoms with Gasteiger partial charge in [-0.1, -0.05) is 21.1 Å². The van der Waals surface area contributed by atoms with Gasteiger partial charge in [-0.2, -0.15) is 4.98 Å². The highest BCUT2D eigenvalue weighted by Gasteiger charge is 2.14. The number of nitrogen functional groups attached to an aromatic ring is 1. The molecule has 0 spiro atoms. The van der Waals surface area contributed by atoms with Crippen molar-refractivity contribution in [3.05, 3.63) is 34.6 Å². The van der Waals surface area contributed by atoms with Gasteiger partial charge in [0.05, 0.1) is 0 Å². The largest absolute Gasteiger partial charge is 0.328 e. The zero-order chi connectivity index (χ0) is 11.5. The minimum absolute atomic E-state index is 0.166. The van der Waals surface area contributed by atoms with Gasteiger partial charge in [0.1, 0.15) is 0 Å². The summed E-state index contributed by atoms with van der Waals surface area (Å²) in [7, 11) is 0. The van der Waals surface area contributed by atoms with E-state index in [0.717, 1.165) is 10.0 Å². The lowest BCUT2D eigenvalue weighted by molar-refractivity contribution is 0.0910. The van der Waals surface area contributed by atoms with Gasteiger partial charge in [-0.25, -0.2) is 5.84 Å². The van der Waals surface area contributed by atoms with Crippen LogP contribution in [0.5, 0.6) is 0 Å². The quantitative estimate of drug-likeness (QED) is 0.489. The van der Waals surface area contributed by atoms with Crippen molar-refractivity contribution >= 4 is 21.8 Å². The zero-order valence-electron chi connectivity index (χ0n) is 7.98. The van der Waals surface area contributed by atoms with Gasteiger partial charge in [0, 0.05) is 10.0 Å². The van der Waals surface area contributed by atoms with Gasteiger partial charge >= 0.3 is 11.8 Å². The first-order chi connectivity index (χ1) is 7.70. The van der Waals surface area contributed by atoms with Crippen LogP contribution in [0.4, 0.5) is 0 Å². The van der Waals surface area contributed by atoms with Crippen LogP contribution in [-0.2, 0) is 0 Å². The fraction of sp³-hybridized carbons (Fsp3) is 0. The summed E-state index contributed by atoms with van der Waals surface area (Å²) < 4.78 is 5.68. The van der Waals surface area contributed by atoms with E-state index in [2.05, 4.69) is 26.1 Å². The number of benzene rings is 1. The molecule has 0 fully saturated rings. The van der Waals surface area contributed by atoms with Gasteiger partial charge < -0.3 is 4.52 Å². The average Bonchev–Trinajstić information content (AvgIpc) is 2.78. The molecule has 16 heavy (non-hydrogen) atoms. The van der Waals surface area contributed by atoms with Crippen LogP contribution in [0.2, 0.25) is 0 Å². The highest BCUT2D eigenvalue weighted by Crippen LogP contribution is 2.18. The average molecular weight is 283 g/mol. The summed E-state index contributed by atoms with van der Waals surface area (Å²) in [5.41, 5.74) is 2.67. The lowest BCUT2D eigenvalue weighted by Gasteiger charge is -1.93. The molecule has 0 saturated heterocycles. The maximum Gasteiger partial charge on any atom is 0.323 e. The molecule has 1 amide bonds. The summed E-state index contributed by atoms with van der Waals surface area (Å²) in [5, 5.41) is 3.67. The third-order valence-corrected chi connectivity index (χ3v) is 2.38. The van der Waals surface area contributed by atoms with Crippen molar-refractivity contribution < 1.29 is 9.32 Å². The normalized spacial score (nSPS) is 10.1. The van der Waals surface area contributed by atoms with Crippen molar-refractivity contribution in [1.82, 2.24) is 15.6 Å². The first-order valence-corrected chi connectivity index (χ1v) is 5.10. The predicted octanol–water partition coefficient (Wildman–Crippen LogP) is 1.10. The molecule has 1 aromatic heterocycles. The van der Waals surface area contributed by atoms with Crippen molar-refractivity contribution in [2.24, 2.45) is 5.84 Å². The van der Waals surface area contributed by atoms with E-state index in [0.29, 0.717) is 5.82 Å².